The first-order valence-electron chi connectivity index (χ1n) is 10.9. The van der Waals surface area contributed by atoms with Crippen molar-refractivity contribution in [3.8, 4) is 0 Å². The number of allylic oxidation sites excluding steroid dienone is 1. The van der Waals surface area contributed by atoms with Gasteiger partial charge < -0.3 is 10.4 Å². The smallest absolute Gasteiger partial charge is 0.217 e. The molecule has 0 aromatic heterocycles. The Labute approximate surface area is 159 Å². The number of aliphatic hydroxyl groups is 1. The molecule has 0 spiro atoms. The van der Waals surface area contributed by atoms with Gasteiger partial charge >= 0.3 is 0 Å². The Morgan fingerprint density at radius 3 is 2.58 bits per heavy atom. The lowest BCUT2D eigenvalue weighted by atomic mass is 9.45. The van der Waals surface area contributed by atoms with Crippen LogP contribution in [0.25, 0.3) is 0 Å². The van der Waals surface area contributed by atoms with Crippen molar-refractivity contribution in [2.24, 2.45) is 34.5 Å². The van der Waals surface area contributed by atoms with Gasteiger partial charge in [-0.05, 0) is 98.4 Å². The fourth-order valence-corrected chi connectivity index (χ4v) is 8.06. The van der Waals surface area contributed by atoms with Gasteiger partial charge in [0, 0.05) is 13.0 Å². The molecule has 146 valence electrons. The molecule has 4 aliphatic rings. The molecule has 4 saturated carbocycles. The van der Waals surface area contributed by atoms with Crippen molar-refractivity contribution < 1.29 is 9.90 Å². The standard InChI is InChI=1S/C23H37NO2/c1-5-18-21(26)13-20-17-7-6-15-12-16(24-14(2)25)8-10-22(15,3)19(17)9-11-23(18,20)4/h5,15-17,19-21,26H,6-13H2,1-4H3,(H,24,25)/b18-5-/t15?,16-,17+,19-,20-,21+,22-,23+/m0/s1. The molecule has 3 heteroatoms. The molecular formula is C23H37NO2. The zero-order valence-electron chi connectivity index (χ0n) is 17.1. The fourth-order valence-electron chi connectivity index (χ4n) is 8.06. The number of hydrogen-bond donors (Lipinski definition) is 2. The van der Waals surface area contributed by atoms with Crippen LogP contribution in [0.15, 0.2) is 11.6 Å². The Balaban J connectivity index is 1.56. The van der Waals surface area contributed by atoms with E-state index >= 15 is 0 Å². The van der Waals surface area contributed by atoms with Gasteiger partial charge in [-0.2, -0.15) is 0 Å². The van der Waals surface area contributed by atoms with Crippen LogP contribution in [0.1, 0.15) is 79.1 Å². The predicted molar refractivity (Wildman–Crippen MR) is 104 cm³/mol. The minimum absolute atomic E-state index is 0.125. The number of nitrogens with one attached hydrogen (secondary N) is 1. The maximum Gasteiger partial charge on any atom is 0.217 e. The Bertz CT molecular complexity index is 613. The van der Waals surface area contributed by atoms with Crippen LogP contribution in [0, 0.1) is 34.5 Å². The Morgan fingerprint density at radius 1 is 1.12 bits per heavy atom. The van der Waals surface area contributed by atoms with E-state index in [0.29, 0.717) is 17.4 Å². The second-order valence-corrected chi connectivity index (χ2v) is 10.3. The summed E-state index contributed by atoms with van der Waals surface area (Å²) >= 11 is 0. The maximum absolute atomic E-state index is 11.5. The summed E-state index contributed by atoms with van der Waals surface area (Å²) in [5, 5.41) is 13.9. The molecule has 0 aromatic rings. The first-order valence-corrected chi connectivity index (χ1v) is 10.9. The summed E-state index contributed by atoms with van der Waals surface area (Å²) in [6, 6.07) is 0.388. The van der Waals surface area contributed by atoms with Gasteiger partial charge in [0.25, 0.3) is 0 Å². The molecule has 2 N–H and O–H groups in total. The maximum atomic E-state index is 11.5. The molecule has 4 aliphatic carbocycles. The normalized spacial score (nSPS) is 52.1. The lowest BCUT2D eigenvalue weighted by molar-refractivity contribution is -0.123. The topological polar surface area (TPSA) is 49.3 Å². The number of aliphatic hydroxyl groups excluding tert-OH is 1. The van der Waals surface area contributed by atoms with Crippen molar-refractivity contribution in [1.29, 1.82) is 0 Å². The van der Waals surface area contributed by atoms with E-state index in [1.165, 1.54) is 44.1 Å². The number of hydrogen-bond acceptors (Lipinski definition) is 2. The molecule has 26 heavy (non-hydrogen) atoms. The van der Waals surface area contributed by atoms with Crippen LogP contribution in [-0.2, 0) is 4.79 Å². The monoisotopic (exact) mass is 359 g/mol. The van der Waals surface area contributed by atoms with Gasteiger partial charge in [0.15, 0.2) is 0 Å². The van der Waals surface area contributed by atoms with Crippen LogP contribution in [0.2, 0.25) is 0 Å². The molecule has 0 bridgehead atoms. The molecule has 0 radical (unpaired) electrons. The van der Waals surface area contributed by atoms with Gasteiger partial charge in [0.2, 0.25) is 5.91 Å². The van der Waals surface area contributed by atoms with E-state index in [1.807, 2.05) is 0 Å². The molecule has 4 rings (SSSR count). The van der Waals surface area contributed by atoms with E-state index in [2.05, 4.69) is 32.2 Å². The Hall–Kier alpha value is -0.830. The van der Waals surface area contributed by atoms with Crippen LogP contribution in [0.5, 0.6) is 0 Å². The minimum Gasteiger partial charge on any atom is -0.389 e. The zero-order valence-corrected chi connectivity index (χ0v) is 17.1. The third kappa shape index (κ3) is 2.60. The first-order chi connectivity index (χ1) is 12.3. The highest BCUT2D eigenvalue weighted by atomic mass is 16.3. The number of fused-ring (bicyclic) bond motifs is 5. The highest BCUT2D eigenvalue weighted by Crippen LogP contribution is 2.67. The van der Waals surface area contributed by atoms with Crippen molar-refractivity contribution in [2.45, 2.75) is 91.2 Å². The van der Waals surface area contributed by atoms with Crippen molar-refractivity contribution in [3.05, 3.63) is 11.6 Å². The lowest BCUT2D eigenvalue weighted by Gasteiger charge is -2.60. The molecule has 0 heterocycles. The van der Waals surface area contributed by atoms with E-state index in [1.54, 1.807) is 6.92 Å². The molecule has 4 fully saturated rings. The zero-order chi connectivity index (χ0) is 18.7. The molecule has 8 atom stereocenters. The van der Waals surface area contributed by atoms with E-state index in [9.17, 15) is 9.90 Å². The summed E-state index contributed by atoms with van der Waals surface area (Å²) in [4.78, 5) is 11.5. The number of carbonyl (C=O) groups excluding carboxylic acids is 1. The fraction of sp³-hybridized carbons (Fsp3) is 0.870. The van der Waals surface area contributed by atoms with E-state index in [4.69, 9.17) is 0 Å². The molecule has 0 aromatic carbocycles. The quantitative estimate of drug-likeness (QED) is 0.680. The highest BCUT2D eigenvalue weighted by Gasteiger charge is 2.60. The summed E-state index contributed by atoms with van der Waals surface area (Å²) in [5.74, 6) is 3.12. The van der Waals surface area contributed by atoms with Crippen molar-refractivity contribution in [2.75, 3.05) is 0 Å². The van der Waals surface area contributed by atoms with Crippen LogP contribution in [-0.4, -0.2) is 23.2 Å². The van der Waals surface area contributed by atoms with E-state index in [0.717, 1.165) is 30.6 Å². The Morgan fingerprint density at radius 2 is 1.88 bits per heavy atom. The van der Waals surface area contributed by atoms with Gasteiger partial charge in [0.05, 0.1) is 6.10 Å². The molecule has 1 amide bonds. The highest BCUT2D eigenvalue weighted by molar-refractivity contribution is 5.73. The summed E-state index contributed by atoms with van der Waals surface area (Å²) < 4.78 is 0. The van der Waals surface area contributed by atoms with Crippen molar-refractivity contribution in [1.82, 2.24) is 5.32 Å². The van der Waals surface area contributed by atoms with Crippen molar-refractivity contribution in [3.63, 3.8) is 0 Å². The number of rotatable bonds is 1. The third-order valence-corrected chi connectivity index (χ3v) is 9.27. The van der Waals surface area contributed by atoms with Crippen molar-refractivity contribution >= 4 is 5.91 Å². The van der Waals surface area contributed by atoms with Crippen LogP contribution >= 0.6 is 0 Å². The summed E-state index contributed by atoms with van der Waals surface area (Å²) in [7, 11) is 0. The van der Waals surface area contributed by atoms with E-state index in [-0.39, 0.29) is 17.4 Å². The van der Waals surface area contributed by atoms with Gasteiger partial charge in [-0.25, -0.2) is 0 Å². The van der Waals surface area contributed by atoms with Gasteiger partial charge in [-0.3, -0.25) is 4.79 Å². The molecule has 1 unspecified atom stereocenters. The van der Waals surface area contributed by atoms with Gasteiger partial charge in [-0.15, -0.1) is 0 Å². The molecule has 3 nitrogen and oxygen atoms in total. The third-order valence-electron chi connectivity index (χ3n) is 9.27. The SMILES string of the molecule is C/C=C1/[C@H](O)C[C@H]2[C@@H]3CCC4C[C@@H](NC(C)=O)CC[C@]4(C)[C@H]3CC[C@]12C. The summed E-state index contributed by atoms with van der Waals surface area (Å²) in [6.07, 6.45) is 11.7. The summed E-state index contributed by atoms with van der Waals surface area (Å²) in [5.41, 5.74) is 1.98. The minimum atomic E-state index is -0.213. The van der Waals surface area contributed by atoms with Gasteiger partial charge in [-0.1, -0.05) is 19.9 Å². The first kappa shape index (κ1) is 18.5. The largest absolute Gasteiger partial charge is 0.389 e. The predicted octanol–water partition coefficient (Wildman–Crippen LogP) is 4.45. The number of amides is 1. The average molecular weight is 360 g/mol. The average Bonchev–Trinajstić information content (AvgIpc) is 2.84. The summed E-state index contributed by atoms with van der Waals surface area (Å²) in [6.45, 7) is 8.75. The van der Waals surface area contributed by atoms with Crippen LogP contribution in [0.4, 0.5) is 0 Å². The second-order valence-electron chi connectivity index (χ2n) is 10.3. The molecular weight excluding hydrogens is 322 g/mol. The Kier molecular flexibility index (Phi) is 4.53. The lowest BCUT2D eigenvalue weighted by Crippen LogP contribution is -2.54. The van der Waals surface area contributed by atoms with E-state index < -0.39 is 0 Å². The van der Waals surface area contributed by atoms with Crippen LogP contribution in [0.3, 0.4) is 0 Å². The second kappa shape index (κ2) is 6.36. The molecule has 0 aliphatic heterocycles. The number of carbonyl (C=O) groups is 1. The van der Waals surface area contributed by atoms with Gasteiger partial charge in [0.1, 0.15) is 0 Å². The van der Waals surface area contributed by atoms with Crippen LogP contribution < -0.4 is 5.32 Å². The molecule has 0 saturated heterocycles.